The van der Waals surface area contributed by atoms with E-state index in [0.717, 1.165) is 24.2 Å². The predicted octanol–water partition coefficient (Wildman–Crippen LogP) is 3.21. The van der Waals surface area contributed by atoms with Gasteiger partial charge in [-0.25, -0.2) is 0 Å². The van der Waals surface area contributed by atoms with E-state index >= 15 is 0 Å². The Morgan fingerprint density at radius 1 is 0.812 bits per heavy atom. The van der Waals surface area contributed by atoms with E-state index in [1.807, 2.05) is 14.2 Å². The lowest BCUT2D eigenvalue weighted by atomic mass is 9.46. The Kier molecular flexibility index (Phi) is 2.75. The minimum absolute atomic E-state index is 0.235. The zero-order valence-electron chi connectivity index (χ0n) is 10.6. The molecule has 0 heterocycles. The van der Waals surface area contributed by atoms with Crippen LogP contribution < -0.4 is 0 Å². The average molecular weight is 224 g/mol. The molecular formula is C14H24O2. The lowest BCUT2D eigenvalue weighted by Crippen LogP contribution is -2.62. The Hall–Kier alpha value is -0.0800. The van der Waals surface area contributed by atoms with Crippen LogP contribution in [-0.4, -0.2) is 20.0 Å². The molecule has 3 rings (SSSR count). The maximum Gasteiger partial charge on any atom is 0.170 e. The molecule has 0 aromatic carbocycles. The summed E-state index contributed by atoms with van der Waals surface area (Å²) in [6.45, 7) is 0. The van der Waals surface area contributed by atoms with Gasteiger partial charge in [0, 0.05) is 26.6 Å². The van der Waals surface area contributed by atoms with Crippen LogP contribution in [0.1, 0.15) is 44.9 Å². The highest BCUT2D eigenvalue weighted by Gasteiger charge is 2.61. The van der Waals surface area contributed by atoms with E-state index < -0.39 is 0 Å². The zero-order valence-corrected chi connectivity index (χ0v) is 10.6. The van der Waals surface area contributed by atoms with Gasteiger partial charge < -0.3 is 9.47 Å². The first kappa shape index (κ1) is 11.0. The monoisotopic (exact) mass is 224 g/mol. The van der Waals surface area contributed by atoms with E-state index in [9.17, 15) is 0 Å². The van der Waals surface area contributed by atoms with Crippen molar-refractivity contribution in [3.05, 3.63) is 0 Å². The topological polar surface area (TPSA) is 18.5 Å². The highest BCUT2D eigenvalue weighted by Crippen LogP contribution is 2.62. The van der Waals surface area contributed by atoms with Crippen molar-refractivity contribution in [3.8, 4) is 0 Å². The second-order valence-electron chi connectivity index (χ2n) is 5.91. The molecule has 4 unspecified atom stereocenters. The van der Waals surface area contributed by atoms with Crippen LogP contribution in [-0.2, 0) is 9.47 Å². The first-order valence-corrected chi connectivity index (χ1v) is 6.93. The first-order valence-electron chi connectivity index (χ1n) is 6.93. The van der Waals surface area contributed by atoms with Gasteiger partial charge in [0.1, 0.15) is 0 Å². The molecule has 3 fully saturated rings. The van der Waals surface area contributed by atoms with Crippen molar-refractivity contribution < 1.29 is 9.47 Å². The molecule has 0 aliphatic heterocycles. The van der Waals surface area contributed by atoms with Gasteiger partial charge in [-0.15, -0.1) is 0 Å². The summed E-state index contributed by atoms with van der Waals surface area (Å²) >= 11 is 0. The van der Waals surface area contributed by atoms with Gasteiger partial charge in [0.05, 0.1) is 0 Å². The number of hydrogen-bond acceptors (Lipinski definition) is 2. The molecule has 3 saturated carbocycles. The minimum Gasteiger partial charge on any atom is -0.353 e. The van der Waals surface area contributed by atoms with Crippen LogP contribution in [0.25, 0.3) is 0 Å². The van der Waals surface area contributed by atoms with Crippen molar-refractivity contribution in [3.63, 3.8) is 0 Å². The third kappa shape index (κ3) is 1.32. The van der Waals surface area contributed by atoms with Crippen LogP contribution in [0.15, 0.2) is 0 Å². The molecule has 0 aromatic rings. The third-order valence-corrected chi connectivity index (χ3v) is 5.61. The largest absolute Gasteiger partial charge is 0.353 e. The third-order valence-electron chi connectivity index (χ3n) is 5.61. The number of methoxy groups -OCH3 is 2. The maximum atomic E-state index is 5.79. The first-order chi connectivity index (χ1) is 7.82. The summed E-state index contributed by atoms with van der Waals surface area (Å²) in [5.74, 6) is 3.27. The maximum absolute atomic E-state index is 5.79. The fourth-order valence-electron chi connectivity index (χ4n) is 4.96. The van der Waals surface area contributed by atoms with Crippen molar-refractivity contribution in [2.75, 3.05) is 14.2 Å². The van der Waals surface area contributed by atoms with E-state index in [1.54, 1.807) is 0 Å². The molecule has 92 valence electrons. The zero-order chi connectivity index (χ0) is 11.2. The van der Waals surface area contributed by atoms with Gasteiger partial charge in [-0.3, -0.25) is 0 Å². The molecule has 0 saturated heterocycles. The second kappa shape index (κ2) is 3.99. The predicted molar refractivity (Wildman–Crippen MR) is 63.0 cm³/mol. The number of rotatable bonds is 2. The van der Waals surface area contributed by atoms with Crippen molar-refractivity contribution in [1.29, 1.82) is 0 Å². The van der Waals surface area contributed by atoms with Gasteiger partial charge in [0.15, 0.2) is 5.79 Å². The van der Waals surface area contributed by atoms with Gasteiger partial charge in [0.25, 0.3) is 0 Å². The Balaban J connectivity index is 1.83. The molecule has 3 aliphatic carbocycles. The van der Waals surface area contributed by atoms with Crippen molar-refractivity contribution >= 4 is 0 Å². The molecule has 0 aromatic heterocycles. The summed E-state index contributed by atoms with van der Waals surface area (Å²) in [5, 5.41) is 0. The van der Waals surface area contributed by atoms with Gasteiger partial charge in [-0.1, -0.05) is 12.8 Å². The van der Waals surface area contributed by atoms with Crippen molar-refractivity contribution in [1.82, 2.24) is 0 Å². The second-order valence-corrected chi connectivity index (χ2v) is 5.91. The van der Waals surface area contributed by atoms with Crippen LogP contribution in [0, 0.1) is 23.7 Å². The van der Waals surface area contributed by atoms with Crippen molar-refractivity contribution in [2.24, 2.45) is 23.7 Å². The number of fused-ring (bicyclic) bond motifs is 4. The van der Waals surface area contributed by atoms with Crippen LogP contribution >= 0.6 is 0 Å². The fraction of sp³-hybridized carbons (Fsp3) is 1.00. The van der Waals surface area contributed by atoms with Crippen LogP contribution in [0.5, 0.6) is 0 Å². The van der Waals surface area contributed by atoms with Gasteiger partial charge >= 0.3 is 0 Å². The molecule has 0 spiro atoms. The molecule has 3 aliphatic rings. The molecule has 0 amide bonds. The molecule has 16 heavy (non-hydrogen) atoms. The van der Waals surface area contributed by atoms with Crippen LogP contribution in [0.3, 0.4) is 0 Å². The Bertz CT molecular complexity index is 249. The highest BCUT2D eigenvalue weighted by atomic mass is 16.7. The van der Waals surface area contributed by atoms with Crippen molar-refractivity contribution in [2.45, 2.75) is 50.7 Å². The van der Waals surface area contributed by atoms with E-state index in [2.05, 4.69) is 0 Å². The smallest absolute Gasteiger partial charge is 0.170 e. The summed E-state index contributed by atoms with van der Waals surface area (Å²) < 4.78 is 11.6. The summed E-state index contributed by atoms with van der Waals surface area (Å²) in [7, 11) is 3.67. The van der Waals surface area contributed by atoms with E-state index in [1.165, 1.54) is 38.5 Å². The lowest BCUT2D eigenvalue weighted by Gasteiger charge is -2.63. The van der Waals surface area contributed by atoms with Crippen LogP contribution in [0.4, 0.5) is 0 Å². The van der Waals surface area contributed by atoms with E-state index in [-0.39, 0.29) is 5.79 Å². The number of ether oxygens (including phenoxy) is 2. The molecular weight excluding hydrogens is 200 g/mol. The average Bonchev–Trinajstić information content (AvgIpc) is 2.35. The standard InChI is InChI=1S/C14H24O2/c1-15-14(16-2)9-5-8-12-10-6-3-4-7-11(10)13(12)14/h10-13H,3-9H2,1-2H3. The van der Waals surface area contributed by atoms with Gasteiger partial charge in [-0.2, -0.15) is 0 Å². The normalized spacial score (nSPS) is 45.4. The Morgan fingerprint density at radius 3 is 2.00 bits per heavy atom. The molecule has 2 heteroatoms. The van der Waals surface area contributed by atoms with Gasteiger partial charge in [-0.05, 0) is 43.4 Å². The lowest BCUT2D eigenvalue weighted by molar-refractivity contribution is -0.318. The summed E-state index contributed by atoms with van der Waals surface area (Å²) in [4.78, 5) is 0. The molecule has 0 radical (unpaired) electrons. The summed E-state index contributed by atoms with van der Waals surface area (Å²) in [6, 6.07) is 0. The fourth-order valence-corrected chi connectivity index (χ4v) is 4.96. The Morgan fingerprint density at radius 2 is 1.38 bits per heavy atom. The van der Waals surface area contributed by atoms with Crippen LogP contribution in [0.2, 0.25) is 0 Å². The number of hydrogen-bond donors (Lipinski definition) is 0. The summed E-state index contributed by atoms with van der Waals surface area (Å²) in [5.41, 5.74) is 0. The highest BCUT2D eigenvalue weighted by molar-refractivity contribution is 5.06. The molecule has 0 N–H and O–H groups in total. The molecule has 2 nitrogen and oxygen atoms in total. The minimum atomic E-state index is -0.235. The molecule has 4 atom stereocenters. The van der Waals surface area contributed by atoms with E-state index in [0.29, 0.717) is 5.92 Å². The SMILES string of the molecule is COC1(OC)CCCC2C3CCCCC3C21. The van der Waals surface area contributed by atoms with E-state index in [4.69, 9.17) is 9.47 Å². The summed E-state index contributed by atoms with van der Waals surface area (Å²) in [6.07, 6.45) is 9.57. The molecule has 0 bridgehead atoms. The van der Waals surface area contributed by atoms with Gasteiger partial charge in [0.2, 0.25) is 0 Å². The Labute approximate surface area is 98.7 Å². The quantitative estimate of drug-likeness (QED) is 0.671.